The molecule has 0 aliphatic carbocycles. The van der Waals surface area contributed by atoms with Crippen molar-refractivity contribution in [1.82, 2.24) is 0 Å². The fraction of sp³-hybridized carbons (Fsp3) is 0.176. The predicted molar refractivity (Wildman–Crippen MR) is 92.2 cm³/mol. The number of benzene rings is 2. The Morgan fingerprint density at radius 1 is 1.17 bits per heavy atom. The van der Waals surface area contributed by atoms with Crippen LogP contribution < -0.4 is 4.74 Å². The van der Waals surface area contributed by atoms with Gasteiger partial charge in [0.15, 0.2) is 6.61 Å². The molecule has 2 aromatic carbocycles. The number of carbonyl (C=O) groups is 2. The Balaban J connectivity index is 1.86. The zero-order valence-corrected chi connectivity index (χ0v) is 15.1. The van der Waals surface area contributed by atoms with E-state index in [1.807, 2.05) is 0 Å². The van der Waals surface area contributed by atoms with Crippen molar-refractivity contribution in [2.24, 2.45) is 0 Å². The molecule has 0 N–H and O–H groups in total. The van der Waals surface area contributed by atoms with Crippen LogP contribution in [0.1, 0.15) is 15.9 Å². The highest BCUT2D eigenvalue weighted by Crippen LogP contribution is 2.27. The van der Waals surface area contributed by atoms with Crippen molar-refractivity contribution in [1.29, 1.82) is 0 Å². The van der Waals surface area contributed by atoms with Crippen LogP contribution in [0.3, 0.4) is 0 Å². The molecule has 0 atom stereocenters. The van der Waals surface area contributed by atoms with E-state index in [4.69, 9.17) is 21.1 Å². The first-order valence-corrected chi connectivity index (χ1v) is 8.07. The molecule has 5 nitrogen and oxygen atoms in total. The molecule has 0 fully saturated rings. The summed E-state index contributed by atoms with van der Waals surface area (Å²) in [6, 6.07) is 11.6. The van der Waals surface area contributed by atoms with E-state index in [0.717, 1.165) is 0 Å². The Labute approximate surface area is 152 Å². The van der Waals surface area contributed by atoms with Crippen molar-refractivity contribution in [3.63, 3.8) is 0 Å². The van der Waals surface area contributed by atoms with Crippen LogP contribution in [-0.2, 0) is 20.9 Å². The molecule has 7 heteroatoms. The molecular weight excluding hydrogens is 400 g/mol. The Morgan fingerprint density at radius 2 is 1.96 bits per heavy atom. The molecule has 0 saturated carbocycles. The second-order valence-electron chi connectivity index (χ2n) is 4.72. The fourth-order valence-electron chi connectivity index (χ4n) is 1.84. The first-order chi connectivity index (χ1) is 11.5. The molecule has 0 aliphatic rings. The highest BCUT2D eigenvalue weighted by molar-refractivity contribution is 9.10. The van der Waals surface area contributed by atoms with Gasteiger partial charge in [-0.15, -0.1) is 0 Å². The SMILES string of the molecule is COC(=O)c1cccc(COC(=O)COc2ccc(Cl)cc2Br)c1. The van der Waals surface area contributed by atoms with E-state index in [1.165, 1.54) is 7.11 Å². The third-order valence-electron chi connectivity index (χ3n) is 2.99. The minimum Gasteiger partial charge on any atom is -0.481 e. The Bertz CT molecular complexity index is 748. The molecule has 0 radical (unpaired) electrons. The highest BCUT2D eigenvalue weighted by Gasteiger charge is 2.09. The summed E-state index contributed by atoms with van der Waals surface area (Å²) < 4.78 is 15.8. The average Bonchev–Trinajstić information content (AvgIpc) is 2.58. The second kappa shape index (κ2) is 8.70. The van der Waals surface area contributed by atoms with Gasteiger partial charge in [-0.2, -0.15) is 0 Å². The van der Waals surface area contributed by atoms with E-state index < -0.39 is 11.9 Å². The van der Waals surface area contributed by atoms with Gasteiger partial charge in [0, 0.05) is 5.02 Å². The standard InChI is InChI=1S/C17H14BrClO5/c1-22-17(21)12-4-2-3-11(7-12)9-24-16(20)10-23-15-6-5-13(19)8-14(15)18/h2-8H,9-10H2,1H3. The van der Waals surface area contributed by atoms with Gasteiger partial charge in [0.05, 0.1) is 17.1 Å². The number of hydrogen-bond acceptors (Lipinski definition) is 5. The summed E-state index contributed by atoms with van der Waals surface area (Å²) in [5.74, 6) is -0.483. The fourth-order valence-corrected chi connectivity index (χ4v) is 2.64. The Morgan fingerprint density at radius 3 is 2.67 bits per heavy atom. The third kappa shape index (κ3) is 5.25. The molecule has 0 bridgehead atoms. The Kier molecular flexibility index (Phi) is 6.63. The zero-order valence-electron chi connectivity index (χ0n) is 12.8. The van der Waals surface area contributed by atoms with Gasteiger partial charge >= 0.3 is 11.9 Å². The largest absolute Gasteiger partial charge is 0.481 e. The second-order valence-corrected chi connectivity index (χ2v) is 6.01. The predicted octanol–water partition coefficient (Wildman–Crippen LogP) is 4.01. The quantitative estimate of drug-likeness (QED) is 0.670. The molecule has 0 amide bonds. The number of halogens is 2. The summed E-state index contributed by atoms with van der Waals surface area (Å²) in [4.78, 5) is 23.2. The van der Waals surface area contributed by atoms with Crippen molar-refractivity contribution in [2.75, 3.05) is 13.7 Å². The van der Waals surface area contributed by atoms with Gasteiger partial charge in [0.2, 0.25) is 0 Å². The molecular formula is C17H14BrClO5. The number of methoxy groups -OCH3 is 1. The summed E-state index contributed by atoms with van der Waals surface area (Å²) in [6.45, 7) is -0.203. The normalized spacial score (nSPS) is 10.1. The summed E-state index contributed by atoms with van der Waals surface area (Å²) in [7, 11) is 1.31. The number of hydrogen-bond donors (Lipinski definition) is 0. The maximum Gasteiger partial charge on any atom is 0.344 e. The van der Waals surface area contributed by atoms with Gasteiger partial charge in [0.25, 0.3) is 0 Å². The topological polar surface area (TPSA) is 61.8 Å². The maximum atomic E-state index is 11.8. The summed E-state index contributed by atoms with van der Waals surface area (Å²) in [6.07, 6.45) is 0. The van der Waals surface area contributed by atoms with Crippen LogP contribution in [0, 0.1) is 0 Å². The number of esters is 2. The van der Waals surface area contributed by atoms with E-state index in [1.54, 1.807) is 42.5 Å². The first kappa shape index (κ1) is 18.3. The van der Waals surface area contributed by atoms with E-state index in [-0.39, 0.29) is 13.2 Å². The van der Waals surface area contributed by atoms with E-state index in [9.17, 15) is 9.59 Å². The number of carbonyl (C=O) groups excluding carboxylic acids is 2. The van der Waals surface area contributed by atoms with Crippen LogP contribution in [-0.4, -0.2) is 25.7 Å². The zero-order chi connectivity index (χ0) is 17.5. The highest BCUT2D eigenvalue weighted by atomic mass is 79.9. The smallest absolute Gasteiger partial charge is 0.344 e. The van der Waals surface area contributed by atoms with E-state index in [0.29, 0.717) is 26.4 Å². The van der Waals surface area contributed by atoms with Gasteiger partial charge in [-0.3, -0.25) is 0 Å². The van der Waals surface area contributed by atoms with Crippen molar-refractivity contribution < 1.29 is 23.8 Å². The lowest BCUT2D eigenvalue weighted by atomic mass is 10.1. The molecule has 2 rings (SSSR count). The van der Waals surface area contributed by atoms with E-state index in [2.05, 4.69) is 20.7 Å². The monoisotopic (exact) mass is 412 g/mol. The molecule has 2 aromatic rings. The number of ether oxygens (including phenoxy) is 3. The summed E-state index contributed by atoms with van der Waals surface area (Å²) in [5.41, 5.74) is 1.08. The van der Waals surface area contributed by atoms with Crippen LogP contribution in [0.25, 0.3) is 0 Å². The van der Waals surface area contributed by atoms with Gasteiger partial charge in [-0.1, -0.05) is 23.7 Å². The van der Waals surface area contributed by atoms with Gasteiger partial charge in [-0.25, -0.2) is 9.59 Å². The lowest BCUT2D eigenvalue weighted by Crippen LogP contribution is -2.15. The molecule has 0 unspecified atom stereocenters. The third-order valence-corrected chi connectivity index (χ3v) is 3.84. The van der Waals surface area contributed by atoms with Gasteiger partial charge in [-0.05, 0) is 51.8 Å². The van der Waals surface area contributed by atoms with Crippen LogP contribution in [0.5, 0.6) is 5.75 Å². The molecule has 0 heterocycles. The Hall–Kier alpha value is -2.05. The molecule has 0 spiro atoms. The minimum atomic E-state index is -0.527. The van der Waals surface area contributed by atoms with Gasteiger partial charge in [0.1, 0.15) is 12.4 Å². The van der Waals surface area contributed by atoms with Crippen LogP contribution in [0.15, 0.2) is 46.9 Å². The van der Waals surface area contributed by atoms with Crippen molar-refractivity contribution in [3.8, 4) is 5.75 Å². The van der Waals surface area contributed by atoms with E-state index >= 15 is 0 Å². The molecule has 0 aliphatic heterocycles. The number of rotatable bonds is 6. The lowest BCUT2D eigenvalue weighted by Gasteiger charge is -2.09. The van der Waals surface area contributed by atoms with Crippen molar-refractivity contribution in [3.05, 3.63) is 63.1 Å². The summed E-state index contributed by atoms with van der Waals surface area (Å²) >= 11 is 9.13. The van der Waals surface area contributed by atoms with Crippen LogP contribution in [0.4, 0.5) is 0 Å². The minimum absolute atomic E-state index is 0.0365. The molecule has 0 saturated heterocycles. The van der Waals surface area contributed by atoms with Crippen molar-refractivity contribution >= 4 is 39.5 Å². The van der Waals surface area contributed by atoms with Crippen molar-refractivity contribution in [2.45, 2.75) is 6.61 Å². The lowest BCUT2D eigenvalue weighted by molar-refractivity contribution is -0.147. The summed E-state index contributed by atoms with van der Waals surface area (Å²) in [5, 5.41) is 0.558. The van der Waals surface area contributed by atoms with Crippen LogP contribution >= 0.6 is 27.5 Å². The maximum absolute atomic E-state index is 11.8. The molecule has 126 valence electrons. The molecule has 24 heavy (non-hydrogen) atoms. The first-order valence-electron chi connectivity index (χ1n) is 6.90. The van der Waals surface area contributed by atoms with Gasteiger partial charge < -0.3 is 14.2 Å². The van der Waals surface area contributed by atoms with Crippen LogP contribution in [0.2, 0.25) is 5.02 Å². The molecule has 0 aromatic heterocycles. The average molecular weight is 414 g/mol.